The molecule has 0 fully saturated rings. The lowest BCUT2D eigenvalue weighted by atomic mass is 10.2. The number of pyridine rings is 1. The Kier molecular flexibility index (Phi) is 4.07. The fourth-order valence-corrected chi connectivity index (χ4v) is 1.28. The zero-order valence-electron chi connectivity index (χ0n) is 9.24. The van der Waals surface area contributed by atoms with Crippen LogP contribution in [0.3, 0.4) is 0 Å². The quantitative estimate of drug-likeness (QED) is 0.813. The maximum atomic E-state index is 8.89. The number of nitrogens with one attached hydrogen (secondary N) is 1. The van der Waals surface area contributed by atoms with Gasteiger partial charge in [-0.05, 0) is 26.0 Å². The van der Waals surface area contributed by atoms with Gasteiger partial charge in [0, 0.05) is 18.8 Å². The lowest BCUT2D eigenvalue weighted by Crippen LogP contribution is -2.22. The fourth-order valence-electron chi connectivity index (χ4n) is 1.28. The van der Waals surface area contributed by atoms with Crippen LogP contribution in [0.25, 0.3) is 0 Å². The van der Waals surface area contributed by atoms with Gasteiger partial charge in [-0.1, -0.05) is 0 Å². The molecule has 0 aromatic carbocycles. The zero-order chi connectivity index (χ0) is 11.3. The molecule has 1 heterocycles. The second kappa shape index (κ2) is 5.32. The zero-order valence-corrected chi connectivity index (χ0v) is 9.24. The van der Waals surface area contributed by atoms with Crippen molar-refractivity contribution < 1.29 is 4.74 Å². The predicted molar refractivity (Wildman–Crippen MR) is 58.6 cm³/mol. The van der Waals surface area contributed by atoms with Crippen LogP contribution >= 0.6 is 0 Å². The van der Waals surface area contributed by atoms with Crippen molar-refractivity contribution in [2.45, 2.75) is 19.9 Å². The number of nitriles is 1. The molecule has 0 aliphatic heterocycles. The summed E-state index contributed by atoms with van der Waals surface area (Å²) in [5.74, 6) is 0.627. The Labute approximate surface area is 89.9 Å². The van der Waals surface area contributed by atoms with E-state index in [1.54, 1.807) is 13.2 Å². The van der Waals surface area contributed by atoms with Crippen molar-refractivity contribution in [1.82, 2.24) is 4.98 Å². The Morgan fingerprint density at radius 1 is 1.60 bits per heavy atom. The van der Waals surface area contributed by atoms with Crippen LogP contribution in [0, 0.1) is 18.3 Å². The van der Waals surface area contributed by atoms with E-state index < -0.39 is 0 Å². The first-order chi connectivity index (χ1) is 7.17. The Balaban J connectivity index is 2.83. The molecule has 15 heavy (non-hydrogen) atoms. The van der Waals surface area contributed by atoms with Crippen molar-refractivity contribution in [3.05, 3.63) is 23.4 Å². The molecular weight excluding hydrogens is 190 g/mol. The molecule has 1 rings (SSSR count). The summed E-state index contributed by atoms with van der Waals surface area (Å²) in [5.41, 5.74) is 1.45. The van der Waals surface area contributed by atoms with Crippen molar-refractivity contribution in [2.75, 3.05) is 19.0 Å². The maximum Gasteiger partial charge on any atom is 0.144 e. The highest BCUT2D eigenvalue weighted by Gasteiger charge is 2.07. The average Bonchev–Trinajstić information content (AvgIpc) is 2.18. The highest BCUT2D eigenvalue weighted by molar-refractivity contribution is 5.52. The summed E-state index contributed by atoms with van der Waals surface area (Å²) in [6.45, 7) is 4.46. The van der Waals surface area contributed by atoms with Crippen molar-refractivity contribution in [2.24, 2.45) is 0 Å². The minimum Gasteiger partial charge on any atom is -0.383 e. The Morgan fingerprint density at radius 3 is 2.93 bits per heavy atom. The first-order valence-electron chi connectivity index (χ1n) is 4.80. The second-order valence-electron chi connectivity index (χ2n) is 3.46. The van der Waals surface area contributed by atoms with Gasteiger partial charge in [0.05, 0.1) is 12.2 Å². The SMILES string of the molecule is COCC(C)Nc1nc(C)ccc1C#N. The number of methoxy groups -OCH3 is 1. The number of anilines is 1. The third-order valence-corrected chi connectivity index (χ3v) is 1.95. The fraction of sp³-hybridized carbons (Fsp3) is 0.455. The Morgan fingerprint density at radius 2 is 2.33 bits per heavy atom. The number of hydrogen-bond donors (Lipinski definition) is 1. The Hall–Kier alpha value is -1.60. The van der Waals surface area contributed by atoms with Gasteiger partial charge in [-0.2, -0.15) is 5.26 Å². The molecular formula is C11H15N3O. The molecule has 0 amide bonds. The van der Waals surface area contributed by atoms with Gasteiger partial charge in [0.2, 0.25) is 0 Å². The van der Waals surface area contributed by atoms with Gasteiger partial charge >= 0.3 is 0 Å². The summed E-state index contributed by atoms with van der Waals surface area (Å²) < 4.78 is 5.01. The first-order valence-corrected chi connectivity index (χ1v) is 4.80. The number of rotatable bonds is 4. The highest BCUT2D eigenvalue weighted by atomic mass is 16.5. The standard InChI is InChI=1S/C11H15N3O/c1-8-4-5-10(6-12)11(13-8)14-9(2)7-15-3/h4-5,9H,7H2,1-3H3,(H,13,14). The van der Waals surface area contributed by atoms with Gasteiger partial charge in [0.1, 0.15) is 11.9 Å². The molecule has 0 saturated carbocycles. The van der Waals surface area contributed by atoms with Gasteiger partial charge in [-0.15, -0.1) is 0 Å². The molecule has 1 N–H and O–H groups in total. The van der Waals surface area contributed by atoms with Crippen LogP contribution in [0.5, 0.6) is 0 Å². The number of aromatic nitrogens is 1. The molecule has 0 aliphatic rings. The summed E-state index contributed by atoms with van der Waals surface area (Å²) in [6, 6.07) is 5.83. The monoisotopic (exact) mass is 205 g/mol. The summed E-state index contributed by atoms with van der Waals surface area (Å²) >= 11 is 0. The van der Waals surface area contributed by atoms with Crippen LogP contribution in [0.4, 0.5) is 5.82 Å². The molecule has 0 spiro atoms. The smallest absolute Gasteiger partial charge is 0.144 e. The van der Waals surface area contributed by atoms with Gasteiger partial charge in [0.15, 0.2) is 0 Å². The molecule has 0 bridgehead atoms. The van der Waals surface area contributed by atoms with E-state index in [-0.39, 0.29) is 6.04 Å². The van der Waals surface area contributed by atoms with Crippen molar-refractivity contribution in [3.63, 3.8) is 0 Å². The van der Waals surface area contributed by atoms with Crippen molar-refractivity contribution in [3.8, 4) is 6.07 Å². The molecule has 80 valence electrons. The van der Waals surface area contributed by atoms with E-state index in [2.05, 4.69) is 16.4 Å². The van der Waals surface area contributed by atoms with Crippen LogP contribution in [-0.4, -0.2) is 24.7 Å². The average molecular weight is 205 g/mol. The summed E-state index contributed by atoms with van der Waals surface area (Å²) in [7, 11) is 1.65. The van der Waals surface area contributed by atoms with E-state index in [1.807, 2.05) is 19.9 Å². The number of hydrogen-bond acceptors (Lipinski definition) is 4. The van der Waals surface area contributed by atoms with E-state index in [4.69, 9.17) is 10.00 Å². The highest BCUT2D eigenvalue weighted by Crippen LogP contribution is 2.13. The van der Waals surface area contributed by atoms with E-state index in [0.29, 0.717) is 18.0 Å². The number of ether oxygens (including phenoxy) is 1. The van der Waals surface area contributed by atoms with E-state index in [9.17, 15) is 0 Å². The van der Waals surface area contributed by atoms with Crippen LogP contribution in [0.1, 0.15) is 18.2 Å². The van der Waals surface area contributed by atoms with Crippen LogP contribution in [0.2, 0.25) is 0 Å². The topological polar surface area (TPSA) is 57.9 Å². The number of aryl methyl sites for hydroxylation is 1. The van der Waals surface area contributed by atoms with Crippen LogP contribution < -0.4 is 5.32 Å². The van der Waals surface area contributed by atoms with Gasteiger partial charge in [-0.25, -0.2) is 4.98 Å². The minimum atomic E-state index is 0.136. The largest absolute Gasteiger partial charge is 0.383 e. The molecule has 0 saturated heterocycles. The maximum absolute atomic E-state index is 8.89. The van der Waals surface area contributed by atoms with E-state index in [0.717, 1.165) is 5.69 Å². The number of nitrogens with zero attached hydrogens (tertiary/aromatic N) is 2. The van der Waals surface area contributed by atoms with Crippen molar-refractivity contribution in [1.29, 1.82) is 5.26 Å². The van der Waals surface area contributed by atoms with Crippen LogP contribution in [-0.2, 0) is 4.74 Å². The first kappa shape index (κ1) is 11.5. The molecule has 4 heteroatoms. The summed E-state index contributed by atoms with van der Waals surface area (Å²) in [5, 5.41) is 12.0. The van der Waals surface area contributed by atoms with E-state index in [1.165, 1.54) is 0 Å². The third kappa shape index (κ3) is 3.22. The minimum absolute atomic E-state index is 0.136. The lowest BCUT2D eigenvalue weighted by molar-refractivity contribution is 0.190. The normalized spacial score (nSPS) is 11.9. The predicted octanol–water partition coefficient (Wildman–Crippen LogP) is 1.71. The second-order valence-corrected chi connectivity index (χ2v) is 3.46. The van der Waals surface area contributed by atoms with Gasteiger partial charge in [0.25, 0.3) is 0 Å². The molecule has 4 nitrogen and oxygen atoms in total. The molecule has 1 atom stereocenters. The van der Waals surface area contributed by atoms with Crippen LogP contribution in [0.15, 0.2) is 12.1 Å². The van der Waals surface area contributed by atoms with E-state index >= 15 is 0 Å². The molecule has 1 unspecified atom stereocenters. The summed E-state index contributed by atoms with van der Waals surface area (Å²) in [6.07, 6.45) is 0. The molecule has 0 aliphatic carbocycles. The third-order valence-electron chi connectivity index (χ3n) is 1.95. The van der Waals surface area contributed by atoms with Gasteiger partial charge in [-0.3, -0.25) is 0 Å². The molecule has 1 aromatic heterocycles. The lowest BCUT2D eigenvalue weighted by Gasteiger charge is -2.14. The molecule has 1 aromatic rings. The Bertz CT molecular complexity index is 371. The molecule has 0 radical (unpaired) electrons. The van der Waals surface area contributed by atoms with Crippen molar-refractivity contribution >= 4 is 5.82 Å². The van der Waals surface area contributed by atoms with Gasteiger partial charge < -0.3 is 10.1 Å². The summed E-state index contributed by atoms with van der Waals surface area (Å²) in [4.78, 5) is 4.28.